The number of likely N-dealkylation sites (tertiary alicyclic amines) is 1. The molecule has 94 valence electrons. The van der Waals surface area contributed by atoms with Crippen LogP contribution in [0.25, 0.3) is 0 Å². The van der Waals surface area contributed by atoms with E-state index in [1.165, 1.54) is 39.0 Å². The first kappa shape index (κ1) is 12.3. The predicted molar refractivity (Wildman–Crippen MR) is 67.5 cm³/mol. The highest BCUT2D eigenvalue weighted by Gasteiger charge is 2.29. The van der Waals surface area contributed by atoms with Crippen molar-refractivity contribution in [3.05, 3.63) is 0 Å². The van der Waals surface area contributed by atoms with Crippen molar-refractivity contribution >= 4 is 0 Å². The second-order valence-corrected chi connectivity index (χ2v) is 5.16. The van der Waals surface area contributed by atoms with Crippen molar-refractivity contribution in [3.63, 3.8) is 0 Å². The van der Waals surface area contributed by atoms with Crippen LogP contribution in [0.3, 0.4) is 0 Å². The summed E-state index contributed by atoms with van der Waals surface area (Å²) in [4.78, 5) is 5.06. The Hall–Kier alpha value is -0.160. The average Bonchev–Trinajstić information content (AvgIpc) is 2.34. The van der Waals surface area contributed by atoms with Gasteiger partial charge < -0.3 is 15.5 Å². The van der Waals surface area contributed by atoms with Crippen LogP contribution < -0.4 is 10.6 Å². The Morgan fingerprint density at radius 2 is 1.75 bits per heavy atom. The zero-order valence-corrected chi connectivity index (χ0v) is 10.7. The number of hydrogen-bond acceptors (Lipinski definition) is 4. The van der Waals surface area contributed by atoms with Crippen LogP contribution in [0.4, 0.5) is 0 Å². The van der Waals surface area contributed by atoms with Crippen LogP contribution in [0.2, 0.25) is 0 Å². The molecule has 0 amide bonds. The summed E-state index contributed by atoms with van der Waals surface area (Å²) >= 11 is 0. The van der Waals surface area contributed by atoms with Crippen LogP contribution in [0, 0.1) is 5.92 Å². The Morgan fingerprint density at radius 3 is 2.31 bits per heavy atom. The van der Waals surface area contributed by atoms with Gasteiger partial charge in [0.05, 0.1) is 6.17 Å². The Balaban J connectivity index is 1.88. The first-order valence-corrected chi connectivity index (χ1v) is 6.62. The molecule has 2 saturated heterocycles. The van der Waals surface area contributed by atoms with E-state index in [2.05, 4.69) is 34.5 Å². The van der Waals surface area contributed by atoms with Crippen molar-refractivity contribution in [1.29, 1.82) is 0 Å². The molecule has 2 rings (SSSR count). The summed E-state index contributed by atoms with van der Waals surface area (Å²) in [5.41, 5.74) is 0. The van der Waals surface area contributed by atoms with Gasteiger partial charge in [-0.2, -0.15) is 0 Å². The van der Waals surface area contributed by atoms with E-state index < -0.39 is 0 Å². The van der Waals surface area contributed by atoms with E-state index >= 15 is 0 Å². The lowest BCUT2D eigenvalue weighted by atomic mass is 9.92. The van der Waals surface area contributed by atoms with E-state index in [0.29, 0.717) is 6.17 Å². The number of rotatable bonds is 3. The molecule has 4 heteroatoms. The van der Waals surface area contributed by atoms with Crippen LogP contribution in [0.5, 0.6) is 0 Å². The minimum absolute atomic E-state index is 0.593. The molecule has 2 aliphatic heterocycles. The quantitative estimate of drug-likeness (QED) is 0.696. The van der Waals surface area contributed by atoms with Gasteiger partial charge >= 0.3 is 0 Å². The van der Waals surface area contributed by atoms with E-state index in [0.717, 1.165) is 19.0 Å². The summed E-state index contributed by atoms with van der Waals surface area (Å²) in [5.74, 6) is 0.833. The smallest absolute Gasteiger partial charge is 0.0625 e. The Morgan fingerprint density at radius 1 is 1.12 bits per heavy atom. The summed E-state index contributed by atoms with van der Waals surface area (Å²) < 4.78 is 0. The summed E-state index contributed by atoms with van der Waals surface area (Å²) in [6.07, 6.45) is 3.27. The van der Waals surface area contributed by atoms with Crippen molar-refractivity contribution in [2.75, 3.05) is 53.4 Å². The summed E-state index contributed by atoms with van der Waals surface area (Å²) in [6, 6.07) is 0. The highest BCUT2D eigenvalue weighted by molar-refractivity contribution is 4.83. The Bertz CT molecular complexity index is 195. The fourth-order valence-electron chi connectivity index (χ4n) is 3.02. The minimum atomic E-state index is 0.593. The molecule has 0 aromatic carbocycles. The van der Waals surface area contributed by atoms with Crippen LogP contribution in [0.15, 0.2) is 0 Å². The van der Waals surface area contributed by atoms with E-state index in [1.54, 1.807) is 0 Å². The van der Waals surface area contributed by atoms with Crippen LogP contribution >= 0.6 is 0 Å². The topological polar surface area (TPSA) is 30.5 Å². The number of nitrogens with zero attached hydrogens (tertiary/aromatic N) is 2. The van der Waals surface area contributed by atoms with Gasteiger partial charge in [-0.1, -0.05) is 0 Å². The summed E-state index contributed by atoms with van der Waals surface area (Å²) in [6.45, 7) is 7.19. The van der Waals surface area contributed by atoms with Gasteiger partial charge in [-0.05, 0) is 45.9 Å². The molecule has 2 aliphatic rings. The summed E-state index contributed by atoms with van der Waals surface area (Å²) in [7, 11) is 4.35. The van der Waals surface area contributed by atoms with Gasteiger partial charge in [0.1, 0.15) is 0 Å². The molecule has 1 unspecified atom stereocenters. The monoisotopic (exact) mass is 226 g/mol. The molecule has 2 heterocycles. The van der Waals surface area contributed by atoms with E-state index in [-0.39, 0.29) is 0 Å². The highest BCUT2D eigenvalue weighted by atomic mass is 15.3. The molecular weight excluding hydrogens is 200 g/mol. The number of nitrogens with one attached hydrogen (secondary N) is 2. The van der Waals surface area contributed by atoms with Crippen LogP contribution in [-0.2, 0) is 0 Å². The van der Waals surface area contributed by atoms with Gasteiger partial charge in [0.25, 0.3) is 0 Å². The predicted octanol–water partition coefficient (Wildman–Crippen LogP) is -0.221. The van der Waals surface area contributed by atoms with Gasteiger partial charge in [-0.3, -0.25) is 4.90 Å². The number of piperazine rings is 1. The minimum Gasteiger partial charge on any atom is -0.314 e. The molecule has 4 nitrogen and oxygen atoms in total. The van der Waals surface area contributed by atoms with Gasteiger partial charge in [-0.15, -0.1) is 0 Å². The molecule has 0 aliphatic carbocycles. The zero-order valence-electron chi connectivity index (χ0n) is 10.7. The van der Waals surface area contributed by atoms with Crippen molar-refractivity contribution in [1.82, 2.24) is 20.4 Å². The molecule has 0 spiro atoms. The first-order chi connectivity index (χ1) is 7.81. The van der Waals surface area contributed by atoms with Crippen LogP contribution in [0.1, 0.15) is 12.8 Å². The van der Waals surface area contributed by atoms with Gasteiger partial charge in [0.15, 0.2) is 0 Å². The average molecular weight is 226 g/mol. The third-order valence-electron chi connectivity index (χ3n) is 4.05. The Labute approximate surface area is 99.4 Å². The lowest BCUT2D eigenvalue weighted by Crippen LogP contribution is -2.57. The standard InChI is InChI=1S/C12H26N4/c1-13-12(16-9-5-14-6-10-16)11-3-7-15(2)8-4-11/h11-14H,3-10H2,1-2H3. The highest BCUT2D eigenvalue weighted by Crippen LogP contribution is 2.22. The second kappa shape index (κ2) is 5.96. The first-order valence-electron chi connectivity index (χ1n) is 6.62. The number of piperidine rings is 1. The SMILES string of the molecule is CNC(C1CCN(C)CC1)N1CCNCC1. The molecule has 2 fully saturated rings. The van der Waals surface area contributed by atoms with Crippen molar-refractivity contribution < 1.29 is 0 Å². The molecule has 2 N–H and O–H groups in total. The Kier molecular flexibility index (Phi) is 4.58. The molecule has 0 aromatic rings. The van der Waals surface area contributed by atoms with Gasteiger partial charge in [0, 0.05) is 26.2 Å². The normalized spacial score (nSPS) is 28.1. The molecule has 0 radical (unpaired) electrons. The maximum atomic E-state index is 3.54. The van der Waals surface area contributed by atoms with E-state index in [9.17, 15) is 0 Å². The van der Waals surface area contributed by atoms with Crippen molar-refractivity contribution in [2.24, 2.45) is 5.92 Å². The molecular formula is C12H26N4. The largest absolute Gasteiger partial charge is 0.314 e. The maximum absolute atomic E-state index is 3.54. The second-order valence-electron chi connectivity index (χ2n) is 5.16. The lowest BCUT2D eigenvalue weighted by molar-refractivity contribution is 0.0686. The van der Waals surface area contributed by atoms with Crippen LogP contribution in [-0.4, -0.2) is 69.3 Å². The van der Waals surface area contributed by atoms with Crippen molar-refractivity contribution in [2.45, 2.75) is 19.0 Å². The maximum Gasteiger partial charge on any atom is 0.0625 e. The third-order valence-corrected chi connectivity index (χ3v) is 4.05. The third kappa shape index (κ3) is 2.94. The number of hydrogen-bond donors (Lipinski definition) is 2. The molecule has 16 heavy (non-hydrogen) atoms. The van der Waals surface area contributed by atoms with Crippen molar-refractivity contribution in [3.8, 4) is 0 Å². The molecule has 1 atom stereocenters. The zero-order chi connectivity index (χ0) is 11.4. The van der Waals surface area contributed by atoms with E-state index in [4.69, 9.17) is 0 Å². The molecule has 0 aromatic heterocycles. The summed E-state index contributed by atoms with van der Waals surface area (Å²) in [5, 5.41) is 6.96. The lowest BCUT2D eigenvalue weighted by Gasteiger charge is -2.42. The fraction of sp³-hybridized carbons (Fsp3) is 1.00. The van der Waals surface area contributed by atoms with Gasteiger partial charge in [-0.25, -0.2) is 0 Å². The van der Waals surface area contributed by atoms with E-state index in [1.807, 2.05) is 0 Å². The van der Waals surface area contributed by atoms with Gasteiger partial charge in [0.2, 0.25) is 0 Å². The molecule has 0 saturated carbocycles. The molecule has 0 bridgehead atoms. The fourth-order valence-corrected chi connectivity index (χ4v) is 3.02.